The lowest BCUT2D eigenvalue weighted by molar-refractivity contribution is -0.906. The average molecular weight is 358 g/mol. The van der Waals surface area contributed by atoms with Crippen molar-refractivity contribution in [3.8, 4) is 0 Å². The number of rotatable bonds is 6. The minimum atomic E-state index is 0.663. The van der Waals surface area contributed by atoms with Crippen LogP contribution in [0.25, 0.3) is 0 Å². The average Bonchev–Trinajstić information content (AvgIpc) is 2.65. The number of quaternary nitrogens is 1. The van der Waals surface area contributed by atoms with E-state index in [0.717, 1.165) is 56.5 Å². The van der Waals surface area contributed by atoms with Gasteiger partial charge in [-0.1, -0.05) is 18.2 Å². The van der Waals surface area contributed by atoms with Gasteiger partial charge in [-0.3, -0.25) is 0 Å². The topological polar surface area (TPSA) is 49.8 Å². The summed E-state index contributed by atoms with van der Waals surface area (Å²) in [5.74, 6) is 0. The molecule has 0 aromatic heterocycles. The summed E-state index contributed by atoms with van der Waals surface area (Å²) in [4.78, 5) is 1.57. The van der Waals surface area contributed by atoms with E-state index in [9.17, 15) is 0 Å². The lowest BCUT2D eigenvalue weighted by Crippen LogP contribution is -3.14. The highest BCUT2D eigenvalue weighted by atomic mass is 32.1. The van der Waals surface area contributed by atoms with Gasteiger partial charge in [-0.15, -0.1) is 0 Å². The minimum absolute atomic E-state index is 0.663. The number of hydrogen-bond donors (Lipinski definition) is 4. The van der Waals surface area contributed by atoms with Crippen LogP contribution in [0.3, 0.4) is 0 Å². The Morgan fingerprint density at radius 1 is 0.920 bits per heavy atom. The first-order chi connectivity index (χ1) is 12.3. The van der Waals surface area contributed by atoms with Gasteiger partial charge in [0.2, 0.25) is 0 Å². The van der Waals surface area contributed by atoms with Crippen LogP contribution in [-0.4, -0.2) is 44.5 Å². The summed E-state index contributed by atoms with van der Waals surface area (Å²) in [7, 11) is 0. The van der Waals surface area contributed by atoms with E-state index < -0.39 is 0 Å². The molecule has 0 atom stereocenters. The standard InChI is InChI=1S/C19H24N4OS/c25-19(20-10-11-23-12-14-24-15-13-23)22-18-8-6-17(7-9-18)21-16-4-2-1-3-5-16/h1-9,21H,10-15H2,(H2,20,22,25)/p+1. The number of ether oxygens (including phenoxy) is 1. The van der Waals surface area contributed by atoms with Gasteiger partial charge >= 0.3 is 0 Å². The molecule has 1 fully saturated rings. The lowest BCUT2D eigenvalue weighted by atomic mass is 10.2. The zero-order valence-corrected chi connectivity index (χ0v) is 15.1. The van der Waals surface area contributed by atoms with Crippen LogP contribution in [0.2, 0.25) is 0 Å². The number of nitrogens with one attached hydrogen (secondary N) is 4. The quantitative estimate of drug-likeness (QED) is 0.592. The van der Waals surface area contributed by atoms with Crippen LogP contribution < -0.4 is 20.9 Å². The maximum absolute atomic E-state index is 5.37. The first-order valence-electron chi connectivity index (χ1n) is 8.68. The molecule has 0 saturated carbocycles. The van der Waals surface area contributed by atoms with Gasteiger partial charge in [0.1, 0.15) is 13.1 Å². The van der Waals surface area contributed by atoms with Crippen LogP contribution in [0.15, 0.2) is 54.6 Å². The summed E-state index contributed by atoms with van der Waals surface area (Å²) >= 11 is 5.37. The molecule has 0 amide bonds. The summed E-state index contributed by atoms with van der Waals surface area (Å²) in [6.07, 6.45) is 0. The molecule has 1 heterocycles. The normalized spacial score (nSPS) is 14.7. The molecule has 5 nitrogen and oxygen atoms in total. The number of benzene rings is 2. The fourth-order valence-electron chi connectivity index (χ4n) is 2.76. The molecule has 0 aliphatic carbocycles. The second-order valence-corrected chi connectivity index (χ2v) is 6.47. The molecule has 25 heavy (non-hydrogen) atoms. The maximum Gasteiger partial charge on any atom is 0.170 e. The molecule has 132 valence electrons. The van der Waals surface area contributed by atoms with E-state index in [0.29, 0.717) is 5.11 Å². The van der Waals surface area contributed by atoms with Gasteiger partial charge < -0.3 is 25.6 Å². The Balaban J connectivity index is 1.40. The van der Waals surface area contributed by atoms with Crippen molar-refractivity contribution in [2.75, 3.05) is 50.0 Å². The van der Waals surface area contributed by atoms with Crippen molar-refractivity contribution in [2.24, 2.45) is 0 Å². The van der Waals surface area contributed by atoms with E-state index in [2.05, 4.69) is 16.0 Å². The molecular formula is C19H25N4OS+. The third-order valence-electron chi connectivity index (χ3n) is 4.17. The summed E-state index contributed by atoms with van der Waals surface area (Å²) < 4.78 is 5.37. The third-order valence-corrected chi connectivity index (χ3v) is 4.42. The zero-order valence-electron chi connectivity index (χ0n) is 14.3. The molecule has 3 rings (SSSR count). The van der Waals surface area contributed by atoms with Crippen LogP contribution in [0, 0.1) is 0 Å². The first kappa shape index (κ1) is 17.7. The molecule has 0 bridgehead atoms. The largest absolute Gasteiger partial charge is 0.370 e. The second kappa shape index (κ2) is 9.36. The maximum atomic E-state index is 5.37. The lowest BCUT2D eigenvalue weighted by Gasteiger charge is -2.24. The van der Waals surface area contributed by atoms with Crippen LogP contribution >= 0.6 is 12.2 Å². The number of para-hydroxylation sites is 1. The molecule has 1 aliphatic rings. The Morgan fingerprint density at radius 3 is 2.28 bits per heavy atom. The SMILES string of the molecule is S=C(NCC[NH+]1CCOCC1)Nc1ccc(Nc2ccccc2)cc1. The summed E-state index contributed by atoms with van der Waals surface area (Å²) in [5, 5.41) is 10.5. The highest BCUT2D eigenvalue weighted by Crippen LogP contribution is 2.18. The highest BCUT2D eigenvalue weighted by molar-refractivity contribution is 7.80. The molecule has 6 heteroatoms. The fraction of sp³-hybridized carbons (Fsp3) is 0.316. The number of hydrogen-bond acceptors (Lipinski definition) is 3. The van der Waals surface area contributed by atoms with Gasteiger partial charge in [-0.2, -0.15) is 0 Å². The number of thiocarbonyl (C=S) groups is 1. The predicted octanol–water partition coefficient (Wildman–Crippen LogP) is 1.63. The highest BCUT2D eigenvalue weighted by Gasteiger charge is 2.12. The zero-order chi connectivity index (χ0) is 17.3. The van der Waals surface area contributed by atoms with Crippen LogP contribution in [0.5, 0.6) is 0 Å². The van der Waals surface area contributed by atoms with E-state index in [-0.39, 0.29) is 0 Å². The van der Waals surface area contributed by atoms with Crippen molar-refractivity contribution in [1.29, 1.82) is 0 Å². The van der Waals surface area contributed by atoms with Crippen LogP contribution in [0.4, 0.5) is 17.1 Å². The molecule has 0 radical (unpaired) electrons. The first-order valence-corrected chi connectivity index (χ1v) is 9.09. The van der Waals surface area contributed by atoms with E-state index >= 15 is 0 Å². The molecule has 1 aliphatic heterocycles. The van der Waals surface area contributed by atoms with Crippen molar-refractivity contribution in [1.82, 2.24) is 5.32 Å². The molecule has 0 unspecified atom stereocenters. The van der Waals surface area contributed by atoms with Crippen molar-refractivity contribution >= 4 is 34.4 Å². The van der Waals surface area contributed by atoms with Gasteiger partial charge in [-0.05, 0) is 48.6 Å². The van der Waals surface area contributed by atoms with Crippen molar-refractivity contribution in [3.63, 3.8) is 0 Å². The summed E-state index contributed by atoms with van der Waals surface area (Å²) in [5.41, 5.74) is 3.10. The second-order valence-electron chi connectivity index (χ2n) is 6.06. The van der Waals surface area contributed by atoms with Gasteiger partial charge in [0.15, 0.2) is 5.11 Å². The number of anilines is 3. The molecule has 4 N–H and O–H groups in total. The molecule has 1 saturated heterocycles. The van der Waals surface area contributed by atoms with Gasteiger partial charge in [0.25, 0.3) is 0 Å². The van der Waals surface area contributed by atoms with Crippen LogP contribution in [-0.2, 0) is 4.74 Å². The summed E-state index contributed by atoms with van der Waals surface area (Å²) in [6.45, 7) is 5.82. The summed E-state index contributed by atoms with van der Waals surface area (Å²) in [6, 6.07) is 18.2. The third kappa shape index (κ3) is 6.01. The molecule has 0 spiro atoms. The van der Waals surface area contributed by atoms with Crippen LogP contribution in [0.1, 0.15) is 0 Å². The Hall–Kier alpha value is -2.15. The van der Waals surface area contributed by atoms with Gasteiger partial charge in [-0.25, -0.2) is 0 Å². The Kier molecular flexibility index (Phi) is 6.62. The van der Waals surface area contributed by atoms with E-state index in [4.69, 9.17) is 17.0 Å². The number of morpholine rings is 1. The Labute approximate surface area is 154 Å². The van der Waals surface area contributed by atoms with Crippen molar-refractivity contribution in [3.05, 3.63) is 54.6 Å². The van der Waals surface area contributed by atoms with E-state index in [1.807, 2.05) is 54.6 Å². The molecular weight excluding hydrogens is 332 g/mol. The Bertz CT molecular complexity index is 657. The van der Waals surface area contributed by atoms with Crippen molar-refractivity contribution in [2.45, 2.75) is 0 Å². The van der Waals surface area contributed by atoms with Crippen molar-refractivity contribution < 1.29 is 9.64 Å². The minimum Gasteiger partial charge on any atom is -0.370 e. The van der Waals surface area contributed by atoms with Gasteiger partial charge in [0, 0.05) is 17.1 Å². The van der Waals surface area contributed by atoms with Gasteiger partial charge in [0.05, 0.1) is 26.3 Å². The molecule has 2 aromatic carbocycles. The fourth-order valence-corrected chi connectivity index (χ4v) is 2.98. The Morgan fingerprint density at radius 2 is 1.56 bits per heavy atom. The monoisotopic (exact) mass is 357 g/mol. The predicted molar refractivity (Wildman–Crippen MR) is 107 cm³/mol. The smallest absolute Gasteiger partial charge is 0.170 e. The van der Waals surface area contributed by atoms with E-state index in [1.165, 1.54) is 0 Å². The molecule has 2 aromatic rings. The van der Waals surface area contributed by atoms with E-state index in [1.54, 1.807) is 4.90 Å².